The Balaban J connectivity index is 3.98. The molecule has 0 aliphatic heterocycles. The minimum atomic E-state index is -4.30. The van der Waals surface area contributed by atoms with Gasteiger partial charge in [0.05, 0.1) is 0 Å². The van der Waals surface area contributed by atoms with Crippen LogP contribution in [0.25, 0.3) is 0 Å². The van der Waals surface area contributed by atoms with E-state index in [9.17, 15) is 9.59 Å². The molecule has 0 radical (unpaired) electrons. The van der Waals surface area contributed by atoms with Crippen LogP contribution in [0.4, 0.5) is 0 Å². The van der Waals surface area contributed by atoms with E-state index in [-0.39, 0.29) is 0 Å². The van der Waals surface area contributed by atoms with Crippen molar-refractivity contribution in [3.05, 3.63) is 0 Å². The third kappa shape index (κ3) is 10.7. The van der Waals surface area contributed by atoms with Gasteiger partial charge in [-0.2, -0.15) is 0 Å². The monoisotopic (exact) mass is 272 g/mol. The van der Waals surface area contributed by atoms with Crippen LogP contribution in [0.1, 0.15) is 0 Å². The summed E-state index contributed by atoms with van der Waals surface area (Å²) in [6.07, 6.45) is 0. The predicted octanol–water partition coefficient (Wildman–Crippen LogP) is 0.973. The van der Waals surface area contributed by atoms with Gasteiger partial charge in [0.15, 0.2) is 0 Å². The molecule has 92 valence electrons. The number of rotatable bonds is 6. The maximum absolute atomic E-state index is 9.29. The van der Waals surface area contributed by atoms with Gasteiger partial charge in [-0.05, 0) is 39.3 Å². The minimum absolute atomic E-state index is 1.84. The van der Waals surface area contributed by atoms with E-state index >= 15 is 0 Å². The second kappa shape index (κ2) is 5.16. The maximum Gasteiger partial charge on any atom is 0.728 e. The molecule has 0 amide bonds. The Morgan fingerprint density at radius 2 is 0.867 bits per heavy atom. The third-order valence-corrected chi connectivity index (χ3v) is 2.90. The summed E-state index contributed by atoms with van der Waals surface area (Å²) in [5.74, 6) is 0. The smallest absolute Gasteiger partial charge is 0.365 e. The van der Waals surface area contributed by atoms with E-state index in [1.54, 1.807) is 0 Å². The Morgan fingerprint density at radius 1 is 0.600 bits per heavy atom. The van der Waals surface area contributed by atoms with Crippen molar-refractivity contribution in [2.75, 3.05) is 0 Å². The van der Waals surface area contributed by atoms with E-state index < -0.39 is 25.7 Å². The fourth-order valence-electron chi connectivity index (χ4n) is 0.372. The van der Waals surface area contributed by atoms with Gasteiger partial charge in [-0.25, -0.2) is 9.15 Å². The molecule has 0 aromatic rings. The second-order valence-electron chi connectivity index (χ2n) is 5.11. The van der Waals surface area contributed by atoms with Gasteiger partial charge >= 0.3 is 9.05 Å². The molecule has 6 nitrogen and oxygen atoms in total. The highest BCUT2D eigenvalue weighted by Gasteiger charge is 2.43. The molecule has 0 unspecified atom stereocenters. The van der Waals surface area contributed by atoms with Crippen LogP contribution in [0.3, 0.4) is 0 Å². The molecule has 9 heteroatoms. The first-order valence-electron chi connectivity index (χ1n) is 4.60. The maximum atomic E-state index is 9.29. The lowest BCUT2D eigenvalue weighted by atomic mass is 11.8. The summed E-state index contributed by atoms with van der Waals surface area (Å²) in [6.45, 7) is 11.1. The Hall–Kier alpha value is 0.411. The Labute approximate surface area is 93.3 Å². The lowest BCUT2D eigenvalue weighted by Gasteiger charge is -2.23. The first-order chi connectivity index (χ1) is 6.41. The quantitative estimate of drug-likeness (QED) is 0.426. The lowest BCUT2D eigenvalue weighted by molar-refractivity contribution is -0.263. The molecule has 0 atom stereocenters. The molecular formula is C6H20O6Si3. The highest BCUT2D eigenvalue weighted by Crippen LogP contribution is 2.11. The Kier molecular flexibility index (Phi) is 5.30. The van der Waals surface area contributed by atoms with Crippen molar-refractivity contribution in [3.63, 3.8) is 0 Å². The molecule has 15 heavy (non-hydrogen) atoms. The van der Waals surface area contributed by atoms with Crippen molar-refractivity contribution in [2.24, 2.45) is 0 Å². The van der Waals surface area contributed by atoms with Gasteiger partial charge in [0.1, 0.15) is 0 Å². The molecule has 2 N–H and O–H groups in total. The molecule has 0 spiro atoms. The van der Waals surface area contributed by atoms with Crippen LogP contribution in [-0.4, -0.2) is 35.3 Å². The topological polar surface area (TPSA) is 77.4 Å². The van der Waals surface area contributed by atoms with Gasteiger partial charge in [0.2, 0.25) is 16.6 Å². The molecule has 0 rings (SSSR count). The third-order valence-electron chi connectivity index (χ3n) is 0.800. The second-order valence-corrected chi connectivity index (χ2v) is 15.3. The standard InChI is InChI=1S/C6H20O6Si3/c1-13(2,3)9-11-15(7,8)12-10-14(4,5)6/h7-8H,1-6H3. The molecule has 0 saturated carbocycles. The Bertz CT molecular complexity index is 176. The molecule has 0 heterocycles. The van der Waals surface area contributed by atoms with E-state index in [1.165, 1.54) is 0 Å². The summed E-state index contributed by atoms with van der Waals surface area (Å²) in [7, 11) is -8.25. The molecular weight excluding hydrogens is 252 g/mol. The van der Waals surface area contributed by atoms with Crippen molar-refractivity contribution in [2.45, 2.75) is 39.3 Å². The summed E-state index contributed by atoms with van der Waals surface area (Å²) in [6, 6.07) is 0. The zero-order valence-corrected chi connectivity index (χ0v) is 13.0. The van der Waals surface area contributed by atoms with Gasteiger partial charge in [-0.1, -0.05) is 0 Å². The number of hydrogen-bond donors (Lipinski definition) is 2. The van der Waals surface area contributed by atoms with E-state index in [1.807, 2.05) is 39.3 Å². The van der Waals surface area contributed by atoms with Crippen molar-refractivity contribution in [1.29, 1.82) is 0 Å². The van der Waals surface area contributed by atoms with E-state index in [2.05, 4.69) is 9.15 Å². The van der Waals surface area contributed by atoms with Gasteiger partial charge in [0, 0.05) is 0 Å². The van der Waals surface area contributed by atoms with Gasteiger partial charge < -0.3 is 9.59 Å². The summed E-state index contributed by atoms with van der Waals surface area (Å²) < 4.78 is 18.7. The van der Waals surface area contributed by atoms with E-state index in [0.717, 1.165) is 0 Å². The SMILES string of the molecule is C[Si](C)(C)OO[Si](O)(O)OO[Si](C)(C)C. The first kappa shape index (κ1) is 15.4. The van der Waals surface area contributed by atoms with Gasteiger partial charge in [0.25, 0.3) is 0 Å². The summed E-state index contributed by atoms with van der Waals surface area (Å²) in [5.41, 5.74) is 0. The zero-order chi connectivity index (χ0) is 12.3. The molecule has 0 fully saturated rings. The van der Waals surface area contributed by atoms with Crippen molar-refractivity contribution >= 4 is 25.7 Å². The van der Waals surface area contributed by atoms with Crippen LogP contribution in [0, 0.1) is 0 Å². The van der Waals surface area contributed by atoms with Crippen LogP contribution >= 0.6 is 0 Å². The Morgan fingerprint density at radius 3 is 1.07 bits per heavy atom. The van der Waals surface area contributed by atoms with Gasteiger partial charge in [-0.3, -0.25) is 9.15 Å². The average molecular weight is 272 g/mol. The normalized spacial score (nSPS) is 14.4. The molecule has 0 aliphatic carbocycles. The van der Waals surface area contributed by atoms with E-state index in [4.69, 9.17) is 9.15 Å². The predicted molar refractivity (Wildman–Crippen MR) is 61.2 cm³/mol. The van der Waals surface area contributed by atoms with Crippen LogP contribution < -0.4 is 0 Å². The van der Waals surface area contributed by atoms with Crippen LogP contribution in [-0.2, 0) is 18.3 Å². The van der Waals surface area contributed by atoms with Crippen molar-refractivity contribution in [3.8, 4) is 0 Å². The summed E-state index contributed by atoms with van der Waals surface area (Å²) >= 11 is 0. The molecule has 0 bridgehead atoms. The van der Waals surface area contributed by atoms with Crippen LogP contribution in [0.5, 0.6) is 0 Å². The fraction of sp³-hybridized carbons (Fsp3) is 1.00. The van der Waals surface area contributed by atoms with Crippen molar-refractivity contribution in [1.82, 2.24) is 0 Å². The van der Waals surface area contributed by atoms with Gasteiger partial charge in [-0.15, -0.1) is 0 Å². The molecule has 0 saturated heterocycles. The molecule has 0 aromatic carbocycles. The largest absolute Gasteiger partial charge is 0.728 e. The lowest BCUT2D eigenvalue weighted by Crippen LogP contribution is -2.48. The summed E-state index contributed by atoms with van der Waals surface area (Å²) in [5, 5.41) is 0. The fourth-order valence-corrected chi connectivity index (χ4v) is 3.27. The van der Waals surface area contributed by atoms with Crippen molar-refractivity contribution < 1.29 is 27.9 Å². The first-order valence-corrected chi connectivity index (χ1v) is 13.1. The van der Waals surface area contributed by atoms with E-state index in [0.29, 0.717) is 0 Å². The minimum Gasteiger partial charge on any atom is -0.365 e. The highest BCUT2D eigenvalue weighted by molar-refractivity contribution is 6.70. The molecule has 0 aliphatic rings. The zero-order valence-electron chi connectivity index (χ0n) is 10.0. The number of hydrogen-bond acceptors (Lipinski definition) is 6. The molecule has 0 aromatic heterocycles. The van der Waals surface area contributed by atoms with Crippen LogP contribution in [0.2, 0.25) is 39.3 Å². The summed E-state index contributed by atoms with van der Waals surface area (Å²) in [4.78, 5) is 18.6. The average Bonchev–Trinajstić information content (AvgIpc) is 1.96. The highest BCUT2D eigenvalue weighted by atomic mass is 28.4. The van der Waals surface area contributed by atoms with Crippen LogP contribution in [0.15, 0.2) is 0 Å².